The van der Waals surface area contributed by atoms with Crippen molar-refractivity contribution in [3.8, 4) is 0 Å². The SMILES string of the molecule is CC/C=C\C/C=C\C/C=C\C/C=C\C/C=C\C/C=C\CCCCCCC(=O)OCC(COP(=O)(O)OCC(O)COP(=O)(O)OCC(O)COC(=O)CCCCCCCCCCC/C=C\C/C=C\C/C=C\C/C=C\CCCCC)OC(=O)CCCCCCCCC/C=C\C/C=C\C/C=C\C/C=C\CCCCC. The van der Waals surface area contributed by atoms with E-state index < -0.39 is 91.5 Å². The first-order chi connectivity index (χ1) is 52.2. The third-order valence-corrected chi connectivity index (χ3v) is 18.8. The minimum Gasteiger partial charge on any atom is -0.463 e. The van der Waals surface area contributed by atoms with Crippen LogP contribution < -0.4 is 0 Å². The minimum absolute atomic E-state index is 0.0793. The second-order valence-electron chi connectivity index (χ2n) is 27.2. The van der Waals surface area contributed by atoms with Crippen molar-refractivity contribution in [2.45, 2.75) is 334 Å². The molecule has 0 aromatic rings. The molecule has 0 saturated carbocycles. The number of carbonyl (C=O) groups is 3. The molecule has 0 amide bonds. The van der Waals surface area contributed by atoms with Gasteiger partial charge in [-0.05, 0) is 161 Å². The van der Waals surface area contributed by atoms with Gasteiger partial charge in [0, 0.05) is 19.3 Å². The van der Waals surface area contributed by atoms with Crippen molar-refractivity contribution in [3.63, 3.8) is 0 Å². The number of phosphoric ester groups is 2. The van der Waals surface area contributed by atoms with Gasteiger partial charge >= 0.3 is 33.6 Å². The fourth-order valence-corrected chi connectivity index (χ4v) is 12.2. The molecule has 0 aliphatic rings. The van der Waals surface area contributed by atoms with E-state index in [1.165, 1.54) is 77.0 Å². The first-order valence-corrected chi connectivity index (χ1v) is 44.4. The van der Waals surface area contributed by atoms with Crippen LogP contribution in [0, 0.1) is 0 Å². The molecule has 18 heteroatoms. The van der Waals surface area contributed by atoms with Gasteiger partial charge in [0.15, 0.2) is 6.10 Å². The molecule has 0 radical (unpaired) electrons. The highest BCUT2D eigenvalue weighted by molar-refractivity contribution is 7.47. The molecule has 0 rings (SSSR count). The number of rotatable bonds is 77. The third-order valence-electron chi connectivity index (χ3n) is 16.9. The zero-order valence-corrected chi connectivity index (χ0v) is 68.5. The predicted molar refractivity (Wildman–Crippen MR) is 445 cm³/mol. The molecule has 4 N–H and O–H groups in total. The van der Waals surface area contributed by atoms with Crippen LogP contribution in [-0.4, -0.2) is 95.9 Å². The van der Waals surface area contributed by atoms with E-state index in [1.54, 1.807) is 0 Å². The van der Waals surface area contributed by atoms with Crippen molar-refractivity contribution in [2.24, 2.45) is 0 Å². The Bertz CT molecular complexity index is 2620. The second kappa shape index (κ2) is 80.4. The molecule has 0 aliphatic carbocycles. The lowest BCUT2D eigenvalue weighted by molar-refractivity contribution is -0.161. The van der Waals surface area contributed by atoms with Crippen LogP contribution >= 0.6 is 15.6 Å². The first kappa shape index (κ1) is 102. The van der Waals surface area contributed by atoms with Gasteiger partial charge in [-0.25, -0.2) is 9.13 Å². The number of phosphoric acid groups is 2. The summed E-state index contributed by atoms with van der Waals surface area (Å²) in [6, 6.07) is 0. The molecule has 5 unspecified atom stereocenters. The summed E-state index contributed by atoms with van der Waals surface area (Å²) in [6.07, 6.45) is 102. The highest BCUT2D eigenvalue weighted by Crippen LogP contribution is 2.45. The summed E-state index contributed by atoms with van der Waals surface area (Å²) in [6.45, 7) is 2.46. The van der Waals surface area contributed by atoms with Gasteiger partial charge in [0.1, 0.15) is 25.4 Å². The summed E-state index contributed by atoms with van der Waals surface area (Å²) in [4.78, 5) is 58.8. The van der Waals surface area contributed by atoms with Gasteiger partial charge in [0.25, 0.3) is 0 Å². The summed E-state index contributed by atoms with van der Waals surface area (Å²) in [5, 5.41) is 20.7. The Labute approximate surface area is 650 Å². The fraction of sp³-hybridized carbons (Fsp3) is 0.652. The van der Waals surface area contributed by atoms with E-state index in [0.29, 0.717) is 19.3 Å². The maximum absolute atomic E-state index is 13.0. The van der Waals surface area contributed by atoms with Gasteiger partial charge in [0.2, 0.25) is 0 Å². The van der Waals surface area contributed by atoms with Crippen LogP contribution in [0.25, 0.3) is 0 Å². The number of unbranched alkanes of at least 4 members (excludes halogenated alkanes) is 26. The lowest BCUT2D eigenvalue weighted by Gasteiger charge is -2.21. The van der Waals surface area contributed by atoms with E-state index in [2.05, 4.69) is 191 Å². The number of hydrogen-bond donors (Lipinski definition) is 4. The summed E-state index contributed by atoms with van der Waals surface area (Å²) < 4.78 is 61.3. The molecule has 0 saturated heterocycles. The van der Waals surface area contributed by atoms with Gasteiger partial charge in [-0.1, -0.05) is 306 Å². The van der Waals surface area contributed by atoms with Crippen molar-refractivity contribution >= 4 is 33.6 Å². The highest BCUT2D eigenvalue weighted by Gasteiger charge is 2.29. The summed E-state index contributed by atoms with van der Waals surface area (Å²) in [5.74, 6) is -1.63. The molecule has 5 atom stereocenters. The number of allylic oxidation sites excluding steroid dienone is 28. The number of ether oxygens (including phenoxy) is 3. The average Bonchev–Trinajstić information content (AvgIpc) is 1.16. The van der Waals surface area contributed by atoms with Gasteiger partial charge in [0.05, 0.1) is 26.4 Å². The average molecular weight is 1540 g/mol. The van der Waals surface area contributed by atoms with Crippen molar-refractivity contribution in [2.75, 3.05) is 39.6 Å². The molecule has 0 bridgehead atoms. The lowest BCUT2D eigenvalue weighted by Crippen LogP contribution is -2.30. The zero-order chi connectivity index (χ0) is 78.0. The lowest BCUT2D eigenvalue weighted by atomic mass is 10.1. The van der Waals surface area contributed by atoms with E-state index >= 15 is 0 Å². The molecule has 16 nitrogen and oxygen atoms in total. The van der Waals surface area contributed by atoms with Crippen molar-refractivity contribution in [3.05, 3.63) is 170 Å². The highest BCUT2D eigenvalue weighted by atomic mass is 31.2. The van der Waals surface area contributed by atoms with Crippen LogP contribution in [-0.2, 0) is 55.8 Å². The fourth-order valence-electron chi connectivity index (χ4n) is 10.6. The van der Waals surface area contributed by atoms with Crippen LogP contribution in [0.3, 0.4) is 0 Å². The van der Waals surface area contributed by atoms with E-state index in [4.69, 9.17) is 32.3 Å². The number of aliphatic hydroxyl groups is 2. The Kier molecular flexibility index (Phi) is 76.6. The molecule has 0 fully saturated rings. The normalized spacial score (nSPS) is 14.8. The van der Waals surface area contributed by atoms with Crippen molar-refractivity contribution in [1.29, 1.82) is 0 Å². The minimum atomic E-state index is -4.95. The van der Waals surface area contributed by atoms with Crippen LogP contribution in [0.5, 0.6) is 0 Å². The Balaban J connectivity index is 4.75. The van der Waals surface area contributed by atoms with Gasteiger partial charge in [-0.2, -0.15) is 0 Å². The van der Waals surface area contributed by atoms with Crippen molar-refractivity contribution in [1.82, 2.24) is 0 Å². The van der Waals surface area contributed by atoms with E-state index in [9.17, 15) is 43.5 Å². The second-order valence-corrected chi connectivity index (χ2v) is 30.1. The van der Waals surface area contributed by atoms with Gasteiger partial charge in [-0.15, -0.1) is 0 Å². The van der Waals surface area contributed by atoms with Crippen LogP contribution in [0.15, 0.2) is 170 Å². The molecular formula is C89H148O16P2. The molecule has 0 aliphatic heterocycles. The zero-order valence-electron chi connectivity index (χ0n) is 66.7. The van der Waals surface area contributed by atoms with Crippen LogP contribution in [0.2, 0.25) is 0 Å². The smallest absolute Gasteiger partial charge is 0.463 e. The van der Waals surface area contributed by atoms with Crippen molar-refractivity contribution < 1.29 is 75.8 Å². The van der Waals surface area contributed by atoms with Gasteiger partial charge in [-0.3, -0.25) is 32.5 Å². The Morgan fingerprint density at radius 1 is 0.271 bits per heavy atom. The Hall–Kier alpha value is -5.09. The summed E-state index contributed by atoms with van der Waals surface area (Å²) in [7, 11) is -9.82. The van der Waals surface area contributed by atoms with E-state index in [1.807, 2.05) is 0 Å². The van der Waals surface area contributed by atoms with Crippen LogP contribution in [0.4, 0.5) is 0 Å². The number of hydrogen-bond acceptors (Lipinski definition) is 14. The predicted octanol–water partition coefficient (Wildman–Crippen LogP) is 24.8. The number of carbonyl (C=O) groups excluding carboxylic acids is 3. The standard InChI is InChI=1S/C89H148O16P2/c1-4-7-10-13-16-19-22-25-28-31-34-37-40-41-44-46-48-51-54-57-60-63-66-69-72-75-87(92)99-78-84(90)79-101-106(95,96)102-80-85(91)81-103-107(97,98)104-83-86(105-89(94)77-74-71-68-65-62-59-56-53-50-47-43-39-36-33-30-27-24-21-18-15-12-9-6-3)82-100-88(93)76-73-70-67-64-61-58-55-52-49-45-42-38-35-32-29-26-23-20-17-14-11-8-5-2/h8,11,16-21,25-30,34-39,41,44-45,47,49-50,55,58,84-86,90-91H,4-7,9-10,12-15,22-24,31-33,40,42-43,46,48,51-54,56-57,59-83H2,1-3H3,(H,95,96)(H,97,98)/b11-8-,19-16-,20-17-,21-18-,28-25-,29-26-,30-27-,37-34-,38-35-,39-36-,44-41-,49-45-,50-47-,58-55-. The quantitative estimate of drug-likeness (QED) is 0.0146. The monoisotopic (exact) mass is 1540 g/mol. The molecular weight excluding hydrogens is 1390 g/mol. The van der Waals surface area contributed by atoms with E-state index in [-0.39, 0.29) is 19.3 Å². The Morgan fingerprint density at radius 2 is 0.495 bits per heavy atom. The number of aliphatic hydroxyl groups excluding tert-OH is 2. The van der Waals surface area contributed by atoms with Crippen LogP contribution in [0.1, 0.15) is 316 Å². The molecule has 0 aromatic carbocycles. The Morgan fingerprint density at radius 3 is 0.785 bits per heavy atom. The molecule has 0 heterocycles. The largest absolute Gasteiger partial charge is 0.472 e. The first-order valence-electron chi connectivity index (χ1n) is 41.4. The van der Waals surface area contributed by atoms with E-state index in [0.717, 1.165) is 180 Å². The van der Waals surface area contributed by atoms with Gasteiger partial charge < -0.3 is 34.2 Å². The topological polar surface area (TPSA) is 231 Å². The third kappa shape index (κ3) is 81.7. The molecule has 0 aromatic heterocycles. The maximum Gasteiger partial charge on any atom is 0.472 e. The summed E-state index contributed by atoms with van der Waals surface area (Å²) in [5.41, 5.74) is 0. The molecule has 610 valence electrons. The summed E-state index contributed by atoms with van der Waals surface area (Å²) >= 11 is 0. The number of esters is 3. The molecule has 107 heavy (non-hydrogen) atoms. The maximum atomic E-state index is 13.0. The molecule has 0 spiro atoms.